The van der Waals surface area contributed by atoms with Gasteiger partial charge in [-0.15, -0.1) is 0 Å². The third-order valence-electron chi connectivity index (χ3n) is 0.927. The zero-order chi connectivity index (χ0) is 10.4. The van der Waals surface area contributed by atoms with Gasteiger partial charge in [-0.25, -0.2) is 9.59 Å². The number of carbonyl (C=O) groups is 3. The normalized spacial score (nSPS) is 11.5. The van der Waals surface area contributed by atoms with Gasteiger partial charge in [0.05, 0.1) is 0 Å². The van der Waals surface area contributed by atoms with Gasteiger partial charge < -0.3 is 15.9 Å². The lowest BCUT2D eigenvalue weighted by atomic mass is 10.3. The Balaban J connectivity index is 4.42. The molecule has 0 saturated heterocycles. The van der Waals surface area contributed by atoms with Crippen LogP contribution >= 0.6 is 0 Å². The van der Waals surface area contributed by atoms with E-state index in [1.165, 1.54) is 0 Å². The smallest absolute Gasteiger partial charge is 0.376 e. The van der Waals surface area contributed by atoms with E-state index in [1.54, 1.807) is 0 Å². The number of aliphatic carboxylic acids is 2. The number of rotatable bonds is 4. The van der Waals surface area contributed by atoms with Crippen LogP contribution in [-0.2, 0) is 14.4 Å². The summed E-state index contributed by atoms with van der Waals surface area (Å²) in [5.41, 5.74) is 4.86. The fourth-order valence-corrected chi connectivity index (χ4v) is 0.429. The predicted octanol–water partition coefficient (Wildman–Crippen LogP) is -0.876. The van der Waals surface area contributed by atoms with E-state index < -0.39 is 17.7 Å². The summed E-state index contributed by atoms with van der Waals surface area (Å²) in [5.74, 6) is -4.08. The minimum absolute atomic E-state index is 0.227. The first-order chi connectivity index (χ1) is 5.93. The number of hydrogen-bond donors (Lipinski definition) is 3. The highest BCUT2D eigenvalue weighted by Gasteiger charge is 2.06. The molecule has 0 atom stereocenters. The van der Waals surface area contributed by atoms with Gasteiger partial charge in [0.2, 0.25) is 0 Å². The van der Waals surface area contributed by atoms with Gasteiger partial charge in [0, 0.05) is 17.8 Å². The summed E-state index contributed by atoms with van der Waals surface area (Å²) in [4.78, 5) is 30.4. The highest BCUT2D eigenvalue weighted by atomic mass is 16.4. The zero-order valence-corrected chi connectivity index (χ0v) is 6.43. The number of carboxylic acids is 2. The topological polar surface area (TPSA) is 118 Å². The molecule has 0 bridgehead atoms. The van der Waals surface area contributed by atoms with Crippen LogP contribution < -0.4 is 5.73 Å². The lowest BCUT2D eigenvalue weighted by Crippen LogP contribution is -2.11. The van der Waals surface area contributed by atoms with Crippen LogP contribution in [0.4, 0.5) is 0 Å². The molecule has 0 radical (unpaired) electrons. The standard InChI is InChI=1S/C7H7NO5/c8-4(1-2-6(10)11)3-5(9)7(12)13/h1-3H,8H2,(H,10,11)(H,12,13). The second-order valence-electron chi connectivity index (χ2n) is 1.99. The molecule has 0 heterocycles. The molecule has 4 N–H and O–H groups in total. The van der Waals surface area contributed by atoms with Crippen molar-refractivity contribution in [1.29, 1.82) is 0 Å². The fraction of sp³-hybridized carbons (Fsp3) is 0. The zero-order valence-electron chi connectivity index (χ0n) is 6.43. The lowest BCUT2D eigenvalue weighted by Gasteiger charge is -1.89. The molecule has 0 amide bonds. The van der Waals surface area contributed by atoms with E-state index >= 15 is 0 Å². The number of nitrogens with two attached hydrogens (primary N) is 1. The molecule has 0 aliphatic rings. The number of allylic oxidation sites excluding steroid dienone is 1. The lowest BCUT2D eigenvalue weighted by molar-refractivity contribution is -0.146. The van der Waals surface area contributed by atoms with Crippen LogP contribution in [0, 0.1) is 0 Å². The van der Waals surface area contributed by atoms with Gasteiger partial charge in [-0.2, -0.15) is 0 Å². The van der Waals surface area contributed by atoms with Gasteiger partial charge in [0.15, 0.2) is 0 Å². The van der Waals surface area contributed by atoms with Crippen LogP contribution in [0.25, 0.3) is 0 Å². The van der Waals surface area contributed by atoms with Crippen LogP contribution in [-0.4, -0.2) is 27.9 Å². The Morgan fingerprint density at radius 2 is 1.62 bits per heavy atom. The Kier molecular flexibility index (Phi) is 3.94. The van der Waals surface area contributed by atoms with Crippen LogP contribution in [0.3, 0.4) is 0 Å². The molecule has 0 saturated carbocycles. The maximum absolute atomic E-state index is 10.5. The van der Waals surface area contributed by atoms with Crippen molar-refractivity contribution >= 4 is 17.7 Å². The van der Waals surface area contributed by atoms with Gasteiger partial charge in [-0.3, -0.25) is 4.79 Å². The molecule has 0 aromatic heterocycles. The molecular weight excluding hydrogens is 178 g/mol. The Hall–Kier alpha value is -2.11. The average molecular weight is 185 g/mol. The summed E-state index contributed by atoms with van der Waals surface area (Å²) in [7, 11) is 0. The van der Waals surface area contributed by atoms with Crippen molar-refractivity contribution in [2.45, 2.75) is 0 Å². The average Bonchev–Trinajstić information content (AvgIpc) is 2.00. The van der Waals surface area contributed by atoms with Crippen LogP contribution in [0.2, 0.25) is 0 Å². The monoisotopic (exact) mass is 185 g/mol. The van der Waals surface area contributed by atoms with E-state index in [-0.39, 0.29) is 5.70 Å². The molecule has 0 unspecified atom stereocenters. The van der Waals surface area contributed by atoms with Crippen molar-refractivity contribution in [3.63, 3.8) is 0 Å². The van der Waals surface area contributed by atoms with Gasteiger partial charge >= 0.3 is 11.9 Å². The largest absolute Gasteiger partial charge is 0.478 e. The van der Waals surface area contributed by atoms with Gasteiger partial charge in [-0.05, 0) is 6.08 Å². The van der Waals surface area contributed by atoms with Gasteiger partial charge in [-0.1, -0.05) is 0 Å². The molecule has 0 fully saturated rings. The first-order valence-electron chi connectivity index (χ1n) is 3.09. The van der Waals surface area contributed by atoms with Crippen LogP contribution in [0.15, 0.2) is 23.9 Å². The highest BCUT2D eigenvalue weighted by Crippen LogP contribution is 1.88. The minimum atomic E-state index is -1.65. The van der Waals surface area contributed by atoms with Crippen LogP contribution in [0.5, 0.6) is 0 Å². The van der Waals surface area contributed by atoms with Crippen molar-refractivity contribution < 1.29 is 24.6 Å². The summed E-state index contributed by atoms with van der Waals surface area (Å²) in [6, 6.07) is 0. The second-order valence-corrected chi connectivity index (χ2v) is 1.99. The summed E-state index contributed by atoms with van der Waals surface area (Å²) >= 11 is 0. The van der Waals surface area contributed by atoms with Crippen molar-refractivity contribution in [2.75, 3.05) is 0 Å². The van der Waals surface area contributed by atoms with Gasteiger partial charge in [0.1, 0.15) is 0 Å². The first-order valence-corrected chi connectivity index (χ1v) is 3.09. The maximum atomic E-state index is 10.5. The molecule has 0 aliphatic carbocycles. The van der Waals surface area contributed by atoms with Crippen molar-refractivity contribution in [2.24, 2.45) is 5.73 Å². The summed E-state index contributed by atoms with van der Waals surface area (Å²) in [5, 5.41) is 16.3. The number of ketones is 1. The van der Waals surface area contributed by atoms with E-state index in [1.807, 2.05) is 0 Å². The Labute approximate surface area is 73.0 Å². The molecule has 0 aromatic rings. The summed E-state index contributed by atoms with van der Waals surface area (Å²) in [6.45, 7) is 0. The number of hydrogen-bond acceptors (Lipinski definition) is 4. The third-order valence-corrected chi connectivity index (χ3v) is 0.927. The number of carboxylic acid groups (broad SMARTS) is 2. The second kappa shape index (κ2) is 4.70. The van der Waals surface area contributed by atoms with E-state index in [4.69, 9.17) is 15.9 Å². The van der Waals surface area contributed by atoms with Gasteiger partial charge in [0.25, 0.3) is 5.78 Å². The summed E-state index contributed by atoms with van der Waals surface area (Å²) in [6.07, 6.45) is 2.24. The molecule has 13 heavy (non-hydrogen) atoms. The van der Waals surface area contributed by atoms with Crippen molar-refractivity contribution in [3.05, 3.63) is 23.9 Å². The Morgan fingerprint density at radius 1 is 1.08 bits per heavy atom. The molecule has 0 rings (SSSR count). The first kappa shape index (κ1) is 10.9. The highest BCUT2D eigenvalue weighted by molar-refractivity contribution is 6.37. The molecular formula is C7H7NO5. The Morgan fingerprint density at radius 3 is 2.00 bits per heavy atom. The molecule has 6 nitrogen and oxygen atoms in total. The fourth-order valence-electron chi connectivity index (χ4n) is 0.429. The molecule has 70 valence electrons. The summed E-state index contributed by atoms with van der Waals surface area (Å²) < 4.78 is 0. The number of carbonyl (C=O) groups excluding carboxylic acids is 1. The van der Waals surface area contributed by atoms with E-state index in [0.717, 1.165) is 6.08 Å². The molecule has 0 aliphatic heterocycles. The van der Waals surface area contributed by atoms with Crippen molar-refractivity contribution in [1.82, 2.24) is 0 Å². The third kappa shape index (κ3) is 5.19. The predicted molar refractivity (Wildman–Crippen MR) is 41.7 cm³/mol. The van der Waals surface area contributed by atoms with Crippen molar-refractivity contribution in [3.8, 4) is 0 Å². The van der Waals surface area contributed by atoms with Crippen LogP contribution in [0.1, 0.15) is 0 Å². The molecule has 0 aromatic carbocycles. The van der Waals surface area contributed by atoms with E-state index in [9.17, 15) is 14.4 Å². The quantitative estimate of drug-likeness (QED) is 0.297. The SMILES string of the molecule is NC(C=CC(=O)O)=CC(=O)C(=O)O. The van der Waals surface area contributed by atoms with E-state index in [2.05, 4.69) is 0 Å². The van der Waals surface area contributed by atoms with E-state index in [0.29, 0.717) is 12.2 Å². The minimum Gasteiger partial charge on any atom is -0.478 e. The Bertz CT molecular complexity index is 302. The molecule has 6 heteroatoms. The molecule has 0 spiro atoms. The maximum Gasteiger partial charge on any atom is 0.376 e.